The molecule has 1 amide bonds. The summed E-state index contributed by atoms with van der Waals surface area (Å²) < 4.78 is 5.68. The second-order valence-electron chi connectivity index (χ2n) is 5.30. The number of carbonyl (C=O) groups is 1. The number of carbonyl (C=O) groups excluding carboxylic acids is 1. The van der Waals surface area contributed by atoms with E-state index >= 15 is 0 Å². The van der Waals surface area contributed by atoms with Gasteiger partial charge in [-0.3, -0.25) is 4.79 Å². The topological polar surface area (TPSA) is 55.6 Å². The van der Waals surface area contributed by atoms with Crippen LogP contribution in [0.15, 0.2) is 54.6 Å². The van der Waals surface area contributed by atoms with E-state index < -0.39 is 0 Å². The summed E-state index contributed by atoms with van der Waals surface area (Å²) in [6, 6.07) is 17.2. The van der Waals surface area contributed by atoms with Crippen molar-refractivity contribution in [3.63, 3.8) is 0 Å². The molecule has 2 rings (SSSR count). The third kappa shape index (κ3) is 5.27. The number of hydrogen-bond donors (Lipinski definition) is 1. The Morgan fingerprint density at radius 3 is 2.30 bits per heavy atom. The first-order valence-electron chi connectivity index (χ1n) is 7.36. The summed E-state index contributed by atoms with van der Waals surface area (Å²) in [6.45, 7) is 2.86. The van der Waals surface area contributed by atoms with Gasteiger partial charge >= 0.3 is 0 Å². The first-order chi connectivity index (χ1) is 10.6. The molecule has 124 valence electrons. The number of hydrogen-bond acceptors (Lipinski definition) is 3. The van der Waals surface area contributed by atoms with Gasteiger partial charge in [0.15, 0.2) is 0 Å². The van der Waals surface area contributed by atoms with E-state index in [1.54, 1.807) is 11.9 Å². The van der Waals surface area contributed by atoms with Crippen LogP contribution in [0.2, 0.25) is 0 Å². The van der Waals surface area contributed by atoms with Crippen molar-refractivity contribution in [3.8, 4) is 5.75 Å². The Balaban J connectivity index is 0.00000264. The second-order valence-corrected chi connectivity index (χ2v) is 5.30. The van der Waals surface area contributed by atoms with E-state index in [1.165, 1.54) is 0 Å². The van der Waals surface area contributed by atoms with Crippen LogP contribution in [0.25, 0.3) is 0 Å². The molecule has 0 spiro atoms. The Morgan fingerprint density at radius 1 is 1.13 bits per heavy atom. The van der Waals surface area contributed by atoms with E-state index in [0.717, 1.165) is 11.3 Å². The predicted octanol–water partition coefficient (Wildman–Crippen LogP) is 3.11. The summed E-state index contributed by atoms with van der Waals surface area (Å²) in [5.74, 6) is 0.813. The summed E-state index contributed by atoms with van der Waals surface area (Å²) >= 11 is 0. The van der Waals surface area contributed by atoms with Crippen molar-refractivity contribution in [1.82, 2.24) is 4.90 Å². The third-order valence-electron chi connectivity index (χ3n) is 3.67. The van der Waals surface area contributed by atoms with Gasteiger partial charge in [-0.1, -0.05) is 30.3 Å². The molecule has 0 heterocycles. The maximum Gasteiger partial charge on any atom is 0.253 e. The smallest absolute Gasteiger partial charge is 0.253 e. The lowest BCUT2D eigenvalue weighted by molar-refractivity contribution is 0.0748. The molecule has 1 unspecified atom stereocenters. The van der Waals surface area contributed by atoms with Gasteiger partial charge in [-0.05, 0) is 36.8 Å². The fraction of sp³-hybridized carbons (Fsp3) is 0.278. The molecule has 0 aliphatic carbocycles. The number of likely N-dealkylation sites (N-methyl/N-ethyl adjacent to an activating group) is 1. The van der Waals surface area contributed by atoms with Gasteiger partial charge in [0.2, 0.25) is 0 Å². The first-order valence-corrected chi connectivity index (χ1v) is 7.36. The van der Waals surface area contributed by atoms with E-state index in [-0.39, 0.29) is 24.4 Å². The molecule has 2 aromatic carbocycles. The summed E-state index contributed by atoms with van der Waals surface area (Å²) in [4.78, 5) is 13.9. The van der Waals surface area contributed by atoms with Crippen molar-refractivity contribution >= 4 is 18.3 Å². The van der Waals surface area contributed by atoms with Crippen molar-refractivity contribution in [2.24, 2.45) is 5.73 Å². The molecular weight excluding hydrogens is 312 g/mol. The Labute approximate surface area is 143 Å². The van der Waals surface area contributed by atoms with Crippen LogP contribution in [0.4, 0.5) is 0 Å². The van der Waals surface area contributed by atoms with Crippen LogP contribution >= 0.6 is 12.4 Å². The minimum Gasteiger partial charge on any atom is -0.489 e. The highest BCUT2D eigenvalue weighted by atomic mass is 35.5. The minimum absolute atomic E-state index is 0. The zero-order valence-electron chi connectivity index (χ0n) is 13.4. The molecule has 5 heteroatoms. The van der Waals surface area contributed by atoms with Crippen LogP contribution in [0.3, 0.4) is 0 Å². The Hall–Kier alpha value is -2.04. The van der Waals surface area contributed by atoms with E-state index in [2.05, 4.69) is 0 Å². The molecule has 0 aliphatic rings. The zero-order chi connectivity index (χ0) is 15.9. The number of ether oxygens (including phenoxy) is 1. The summed E-state index contributed by atoms with van der Waals surface area (Å²) in [5, 5.41) is 0. The van der Waals surface area contributed by atoms with Gasteiger partial charge < -0.3 is 15.4 Å². The molecule has 0 saturated carbocycles. The summed E-state index contributed by atoms with van der Waals surface area (Å²) in [6.07, 6.45) is 0. The number of nitrogens with two attached hydrogens (primary N) is 1. The van der Waals surface area contributed by atoms with Crippen LogP contribution < -0.4 is 10.5 Å². The quantitative estimate of drug-likeness (QED) is 0.883. The largest absolute Gasteiger partial charge is 0.489 e. The summed E-state index contributed by atoms with van der Waals surface area (Å²) in [5.41, 5.74) is 7.28. The molecule has 0 aliphatic heterocycles. The third-order valence-corrected chi connectivity index (χ3v) is 3.67. The zero-order valence-corrected chi connectivity index (χ0v) is 14.3. The van der Waals surface area contributed by atoms with Gasteiger partial charge in [-0.15, -0.1) is 12.4 Å². The van der Waals surface area contributed by atoms with Crippen LogP contribution in [0.5, 0.6) is 5.75 Å². The van der Waals surface area contributed by atoms with E-state index in [4.69, 9.17) is 10.5 Å². The molecule has 4 nitrogen and oxygen atoms in total. The number of nitrogens with zero attached hydrogens (tertiary/aromatic N) is 1. The van der Waals surface area contributed by atoms with E-state index in [0.29, 0.717) is 18.7 Å². The number of para-hydroxylation sites is 1. The molecule has 2 aromatic rings. The van der Waals surface area contributed by atoms with Crippen LogP contribution in [-0.2, 0) is 6.61 Å². The highest BCUT2D eigenvalue weighted by molar-refractivity contribution is 5.94. The fourth-order valence-electron chi connectivity index (χ4n) is 1.99. The van der Waals surface area contributed by atoms with Crippen molar-refractivity contribution in [1.29, 1.82) is 0 Å². The average molecular weight is 335 g/mol. The molecule has 0 aromatic heterocycles. The Kier molecular flexibility index (Phi) is 7.59. The molecule has 2 N–H and O–H groups in total. The highest BCUT2D eigenvalue weighted by Gasteiger charge is 2.16. The van der Waals surface area contributed by atoms with Crippen LogP contribution in [0, 0.1) is 0 Å². The molecule has 0 fully saturated rings. The van der Waals surface area contributed by atoms with Crippen molar-refractivity contribution < 1.29 is 9.53 Å². The fourth-order valence-corrected chi connectivity index (χ4v) is 1.99. The van der Waals surface area contributed by atoms with Gasteiger partial charge in [0, 0.05) is 25.2 Å². The van der Waals surface area contributed by atoms with Crippen LogP contribution in [0.1, 0.15) is 22.8 Å². The van der Waals surface area contributed by atoms with Crippen molar-refractivity contribution in [2.45, 2.75) is 19.6 Å². The van der Waals surface area contributed by atoms with Crippen LogP contribution in [-0.4, -0.2) is 30.4 Å². The standard InChI is InChI=1S/C18H22N2O2.ClH/c1-14(12-19)20(2)18(21)16-10-8-15(9-11-16)13-22-17-6-4-3-5-7-17;/h3-11,14H,12-13,19H2,1-2H3;1H. The number of halogens is 1. The molecule has 0 bridgehead atoms. The van der Waals surface area contributed by atoms with Gasteiger partial charge in [0.25, 0.3) is 5.91 Å². The second kappa shape index (κ2) is 9.18. The molecule has 0 radical (unpaired) electrons. The van der Waals surface area contributed by atoms with Gasteiger partial charge in [0.1, 0.15) is 12.4 Å². The molecular formula is C18H23ClN2O2. The van der Waals surface area contributed by atoms with Gasteiger partial charge in [-0.25, -0.2) is 0 Å². The molecule has 1 atom stereocenters. The lowest BCUT2D eigenvalue weighted by Gasteiger charge is -2.23. The monoisotopic (exact) mass is 334 g/mol. The number of rotatable bonds is 6. The average Bonchev–Trinajstić information content (AvgIpc) is 2.59. The number of benzene rings is 2. The van der Waals surface area contributed by atoms with Crippen molar-refractivity contribution in [2.75, 3.05) is 13.6 Å². The van der Waals surface area contributed by atoms with E-state index in [1.807, 2.05) is 61.5 Å². The van der Waals surface area contributed by atoms with Crippen molar-refractivity contribution in [3.05, 3.63) is 65.7 Å². The molecule has 23 heavy (non-hydrogen) atoms. The predicted molar refractivity (Wildman–Crippen MR) is 95.1 cm³/mol. The van der Waals surface area contributed by atoms with Gasteiger partial charge in [-0.2, -0.15) is 0 Å². The first kappa shape index (κ1) is 19.0. The van der Waals surface area contributed by atoms with Gasteiger partial charge in [0.05, 0.1) is 0 Å². The summed E-state index contributed by atoms with van der Waals surface area (Å²) in [7, 11) is 1.77. The van der Waals surface area contributed by atoms with E-state index in [9.17, 15) is 4.79 Å². The Morgan fingerprint density at radius 2 is 1.74 bits per heavy atom. The maximum absolute atomic E-state index is 12.3. The highest BCUT2D eigenvalue weighted by Crippen LogP contribution is 2.13. The number of amides is 1. The SMILES string of the molecule is CC(CN)N(C)C(=O)c1ccc(COc2ccccc2)cc1.Cl. The molecule has 0 saturated heterocycles. The minimum atomic E-state index is -0.0199. The lowest BCUT2D eigenvalue weighted by Crippen LogP contribution is -2.39. The Bertz CT molecular complexity index is 602. The lowest BCUT2D eigenvalue weighted by atomic mass is 10.1. The maximum atomic E-state index is 12.3. The normalized spacial score (nSPS) is 11.3.